The van der Waals surface area contributed by atoms with Gasteiger partial charge in [0, 0.05) is 19.3 Å². The molecule has 1 rings (SSSR count). The Hall–Kier alpha value is -0.0800. The van der Waals surface area contributed by atoms with Crippen LogP contribution in [0, 0.1) is 11.3 Å². The Kier molecular flexibility index (Phi) is 4.19. The molecule has 15 heavy (non-hydrogen) atoms. The van der Waals surface area contributed by atoms with Crippen LogP contribution >= 0.6 is 0 Å². The Bertz CT molecular complexity index is 187. The molecule has 1 aliphatic carbocycles. The van der Waals surface area contributed by atoms with Crippen molar-refractivity contribution in [2.75, 3.05) is 13.7 Å². The molecule has 1 aliphatic rings. The van der Waals surface area contributed by atoms with E-state index in [1.807, 2.05) is 0 Å². The Labute approximate surface area is 94.6 Å². The van der Waals surface area contributed by atoms with Gasteiger partial charge in [-0.05, 0) is 43.4 Å². The monoisotopic (exact) mass is 213 g/mol. The first-order chi connectivity index (χ1) is 6.87. The Morgan fingerprint density at radius 2 is 1.80 bits per heavy atom. The highest BCUT2D eigenvalue weighted by molar-refractivity contribution is 4.92. The quantitative estimate of drug-likeness (QED) is 0.782. The van der Waals surface area contributed by atoms with E-state index in [2.05, 4.69) is 20.8 Å². The van der Waals surface area contributed by atoms with Gasteiger partial charge in [-0.15, -0.1) is 0 Å². The fourth-order valence-electron chi connectivity index (χ4n) is 2.61. The minimum absolute atomic E-state index is 0.0533. The molecule has 0 radical (unpaired) electrons. The number of hydrogen-bond acceptors (Lipinski definition) is 2. The maximum Gasteiger partial charge on any atom is 0.0479 e. The largest absolute Gasteiger partial charge is 0.385 e. The molecule has 0 amide bonds. The van der Waals surface area contributed by atoms with Crippen molar-refractivity contribution < 1.29 is 4.74 Å². The van der Waals surface area contributed by atoms with Crippen LogP contribution in [0.2, 0.25) is 0 Å². The molecular weight excluding hydrogens is 186 g/mol. The van der Waals surface area contributed by atoms with Gasteiger partial charge in [0.15, 0.2) is 0 Å². The second kappa shape index (κ2) is 4.84. The SMILES string of the molecule is COCCC1(N)CCC(C(C)(C)C)CC1. The van der Waals surface area contributed by atoms with Crippen molar-refractivity contribution in [2.45, 2.75) is 58.4 Å². The molecule has 0 aromatic rings. The van der Waals surface area contributed by atoms with Crippen LogP contribution in [0.1, 0.15) is 52.9 Å². The van der Waals surface area contributed by atoms with Crippen molar-refractivity contribution in [3.63, 3.8) is 0 Å². The van der Waals surface area contributed by atoms with E-state index in [4.69, 9.17) is 10.5 Å². The topological polar surface area (TPSA) is 35.2 Å². The van der Waals surface area contributed by atoms with Gasteiger partial charge in [0.05, 0.1) is 0 Å². The number of ether oxygens (including phenoxy) is 1. The van der Waals surface area contributed by atoms with Crippen molar-refractivity contribution in [2.24, 2.45) is 17.1 Å². The molecule has 1 saturated carbocycles. The first kappa shape index (κ1) is 13.0. The van der Waals surface area contributed by atoms with Crippen LogP contribution in [0.25, 0.3) is 0 Å². The molecule has 0 atom stereocenters. The van der Waals surface area contributed by atoms with Crippen LogP contribution in [-0.4, -0.2) is 19.3 Å². The van der Waals surface area contributed by atoms with Crippen LogP contribution in [0.4, 0.5) is 0 Å². The summed E-state index contributed by atoms with van der Waals surface area (Å²) in [6.45, 7) is 7.83. The van der Waals surface area contributed by atoms with E-state index < -0.39 is 0 Å². The fraction of sp³-hybridized carbons (Fsp3) is 1.00. The lowest BCUT2D eigenvalue weighted by atomic mass is 9.67. The third-order valence-electron chi connectivity index (χ3n) is 4.01. The summed E-state index contributed by atoms with van der Waals surface area (Å²) < 4.78 is 5.12. The summed E-state index contributed by atoms with van der Waals surface area (Å²) in [5.41, 5.74) is 6.87. The second-order valence-electron chi connectivity index (χ2n) is 6.25. The Morgan fingerprint density at radius 3 is 2.20 bits per heavy atom. The lowest BCUT2D eigenvalue weighted by Crippen LogP contribution is -2.45. The highest BCUT2D eigenvalue weighted by Gasteiger charge is 2.35. The van der Waals surface area contributed by atoms with Crippen molar-refractivity contribution >= 4 is 0 Å². The number of rotatable bonds is 3. The second-order valence-corrected chi connectivity index (χ2v) is 6.25. The van der Waals surface area contributed by atoms with Crippen molar-refractivity contribution in [1.29, 1.82) is 0 Å². The molecule has 0 heterocycles. The summed E-state index contributed by atoms with van der Waals surface area (Å²) in [6.07, 6.45) is 5.91. The molecule has 0 bridgehead atoms. The van der Waals surface area contributed by atoms with Gasteiger partial charge in [0.25, 0.3) is 0 Å². The number of hydrogen-bond donors (Lipinski definition) is 1. The van der Waals surface area contributed by atoms with Crippen LogP contribution in [0.3, 0.4) is 0 Å². The van der Waals surface area contributed by atoms with E-state index in [0.717, 1.165) is 31.8 Å². The molecule has 0 aliphatic heterocycles. The zero-order chi connectivity index (χ0) is 11.5. The smallest absolute Gasteiger partial charge is 0.0479 e. The fourth-order valence-corrected chi connectivity index (χ4v) is 2.61. The van der Waals surface area contributed by atoms with Crippen molar-refractivity contribution in [3.8, 4) is 0 Å². The van der Waals surface area contributed by atoms with Crippen LogP contribution < -0.4 is 5.73 Å². The highest BCUT2D eigenvalue weighted by Crippen LogP contribution is 2.41. The van der Waals surface area contributed by atoms with Gasteiger partial charge in [0.2, 0.25) is 0 Å². The Balaban J connectivity index is 2.41. The molecule has 90 valence electrons. The van der Waals surface area contributed by atoms with E-state index in [1.54, 1.807) is 7.11 Å². The standard InChI is InChI=1S/C13H27NO/c1-12(2,3)11-5-7-13(14,8-6-11)9-10-15-4/h11H,5-10,14H2,1-4H3. The normalized spacial score (nSPS) is 33.0. The van der Waals surface area contributed by atoms with Gasteiger partial charge >= 0.3 is 0 Å². The summed E-state index contributed by atoms with van der Waals surface area (Å²) in [6, 6.07) is 0. The van der Waals surface area contributed by atoms with E-state index >= 15 is 0 Å². The maximum atomic E-state index is 6.37. The molecule has 2 heteroatoms. The minimum atomic E-state index is 0.0533. The third-order valence-corrected chi connectivity index (χ3v) is 4.01. The molecule has 0 saturated heterocycles. The molecule has 0 aromatic heterocycles. The average Bonchev–Trinajstić information content (AvgIpc) is 2.14. The summed E-state index contributed by atoms with van der Waals surface area (Å²) in [5.74, 6) is 0.844. The molecule has 0 spiro atoms. The maximum absolute atomic E-state index is 6.37. The van der Waals surface area contributed by atoms with Crippen LogP contribution in [-0.2, 0) is 4.74 Å². The minimum Gasteiger partial charge on any atom is -0.385 e. The predicted octanol–water partition coefficient (Wildman–Crippen LogP) is 2.96. The molecule has 2 nitrogen and oxygen atoms in total. The Morgan fingerprint density at radius 1 is 1.27 bits per heavy atom. The lowest BCUT2D eigenvalue weighted by Gasteiger charge is -2.42. The first-order valence-electron chi connectivity index (χ1n) is 6.15. The summed E-state index contributed by atoms with van der Waals surface area (Å²) in [5, 5.41) is 0. The van der Waals surface area contributed by atoms with Crippen LogP contribution in [0.5, 0.6) is 0 Å². The van der Waals surface area contributed by atoms with E-state index in [0.29, 0.717) is 5.41 Å². The third kappa shape index (κ3) is 3.76. The average molecular weight is 213 g/mol. The van der Waals surface area contributed by atoms with Crippen LogP contribution in [0.15, 0.2) is 0 Å². The van der Waals surface area contributed by atoms with Gasteiger partial charge < -0.3 is 10.5 Å². The van der Waals surface area contributed by atoms with E-state index in [9.17, 15) is 0 Å². The number of methoxy groups -OCH3 is 1. The van der Waals surface area contributed by atoms with Gasteiger partial charge in [-0.1, -0.05) is 20.8 Å². The molecular formula is C13H27NO. The molecule has 0 aromatic carbocycles. The lowest BCUT2D eigenvalue weighted by molar-refractivity contribution is 0.104. The first-order valence-corrected chi connectivity index (χ1v) is 6.15. The van der Waals surface area contributed by atoms with Gasteiger partial charge in [-0.25, -0.2) is 0 Å². The van der Waals surface area contributed by atoms with Gasteiger partial charge in [-0.3, -0.25) is 0 Å². The molecule has 2 N–H and O–H groups in total. The molecule has 1 fully saturated rings. The van der Waals surface area contributed by atoms with Gasteiger partial charge in [-0.2, -0.15) is 0 Å². The van der Waals surface area contributed by atoms with Crippen molar-refractivity contribution in [3.05, 3.63) is 0 Å². The molecule has 0 unspecified atom stereocenters. The summed E-state index contributed by atoms with van der Waals surface area (Å²) in [7, 11) is 1.75. The number of nitrogens with two attached hydrogens (primary N) is 1. The zero-order valence-corrected chi connectivity index (χ0v) is 10.8. The van der Waals surface area contributed by atoms with E-state index in [1.165, 1.54) is 12.8 Å². The van der Waals surface area contributed by atoms with Gasteiger partial charge in [0.1, 0.15) is 0 Å². The highest BCUT2D eigenvalue weighted by atomic mass is 16.5. The van der Waals surface area contributed by atoms with E-state index in [-0.39, 0.29) is 5.54 Å². The summed E-state index contributed by atoms with van der Waals surface area (Å²) in [4.78, 5) is 0. The zero-order valence-electron chi connectivity index (χ0n) is 10.8. The summed E-state index contributed by atoms with van der Waals surface area (Å²) >= 11 is 0. The van der Waals surface area contributed by atoms with Crippen molar-refractivity contribution in [1.82, 2.24) is 0 Å². The predicted molar refractivity (Wildman–Crippen MR) is 64.8 cm³/mol.